The summed E-state index contributed by atoms with van der Waals surface area (Å²) in [6.07, 6.45) is 0. The molecule has 0 fully saturated rings. The number of hydrogen-bond acceptors (Lipinski definition) is 8. The van der Waals surface area contributed by atoms with Crippen molar-refractivity contribution >= 4 is 23.3 Å². The van der Waals surface area contributed by atoms with Crippen molar-refractivity contribution in [3.05, 3.63) is 52.1 Å². The number of hydrogen-bond donors (Lipinski definition) is 1. The van der Waals surface area contributed by atoms with Gasteiger partial charge in [-0.1, -0.05) is 0 Å². The second kappa shape index (κ2) is 11.4. The molecule has 0 radical (unpaired) electrons. The Bertz CT molecular complexity index is 945. The molecule has 0 bridgehead atoms. The summed E-state index contributed by atoms with van der Waals surface area (Å²) in [5.74, 6) is -0.468. The molecular formula is C21H24N2O8. The quantitative estimate of drug-likeness (QED) is 0.324. The summed E-state index contributed by atoms with van der Waals surface area (Å²) in [4.78, 5) is 35.0. The number of carbonyl (C=O) groups is 2. The van der Waals surface area contributed by atoms with Crippen molar-refractivity contribution < 1.29 is 33.5 Å². The number of carbonyl (C=O) groups excluding carboxylic acids is 2. The van der Waals surface area contributed by atoms with Gasteiger partial charge in [0, 0.05) is 12.1 Å². The minimum absolute atomic E-state index is 0.0411. The fourth-order valence-electron chi connectivity index (χ4n) is 2.61. The number of rotatable bonds is 11. The molecule has 10 heteroatoms. The molecule has 0 spiro atoms. The lowest BCUT2D eigenvalue weighted by atomic mass is 10.2. The zero-order valence-corrected chi connectivity index (χ0v) is 17.5. The lowest BCUT2D eigenvalue weighted by molar-refractivity contribution is -0.385. The van der Waals surface area contributed by atoms with Gasteiger partial charge in [0.2, 0.25) is 0 Å². The van der Waals surface area contributed by atoms with Gasteiger partial charge in [-0.25, -0.2) is 4.79 Å². The number of benzene rings is 2. The Balaban J connectivity index is 2.06. The Labute approximate surface area is 179 Å². The first-order valence-corrected chi connectivity index (χ1v) is 9.67. The average molecular weight is 432 g/mol. The van der Waals surface area contributed by atoms with E-state index >= 15 is 0 Å². The third-order valence-corrected chi connectivity index (χ3v) is 3.86. The van der Waals surface area contributed by atoms with E-state index in [9.17, 15) is 19.7 Å². The normalized spacial score (nSPS) is 10.2. The minimum atomic E-state index is -0.880. The van der Waals surface area contributed by atoms with Gasteiger partial charge in [0.05, 0.1) is 36.0 Å². The maximum atomic E-state index is 12.3. The van der Waals surface area contributed by atoms with Crippen molar-refractivity contribution in [2.24, 2.45) is 0 Å². The Morgan fingerprint density at radius 3 is 2.23 bits per heavy atom. The Kier molecular flexibility index (Phi) is 8.62. The molecule has 31 heavy (non-hydrogen) atoms. The van der Waals surface area contributed by atoms with Gasteiger partial charge < -0.3 is 24.3 Å². The van der Waals surface area contributed by atoms with Crippen LogP contribution >= 0.6 is 0 Å². The lowest BCUT2D eigenvalue weighted by Gasteiger charge is -2.13. The maximum Gasteiger partial charge on any atom is 0.338 e. The second-order valence-corrected chi connectivity index (χ2v) is 6.02. The molecule has 2 aromatic rings. The topological polar surface area (TPSA) is 126 Å². The first-order valence-electron chi connectivity index (χ1n) is 9.67. The first kappa shape index (κ1) is 23.5. The molecule has 10 nitrogen and oxygen atoms in total. The van der Waals surface area contributed by atoms with Crippen LogP contribution in [0.1, 0.15) is 31.1 Å². The van der Waals surface area contributed by atoms with Crippen LogP contribution in [-0.4, -0.2) is 43.2 Å². The third-order valence-electron chi connectivity index (χ3n) is 3.86. The summed E-state index contributed by atoms with van der Waals surface area (Å²) in [5, 5.41) is 13.8. The number of nitrogens with zero attached hydrogens (tertiary/aromatic N) is 1. The van der Waals surface area contributed by atoms with Crippen molar-refractivity contribution in [1.82, 2.24) is 0 Å². The predicted octanol–water partition coefficient (Wildman–Crippen LogP) is 3.59. The summed E-state index contributed by atoms with van der Waals surface area (Å²) < 4.78 is 21.1. The van der Waals surface area contributed by atoms with E-state index in [1.807, 2.05) is 6.92 Å². The van der Waals surface area contributed by atoms with Crippen LogP contribution in [0.15, 0.2) is 36.4 Å². The molecule has 1 N–H and O–H groups in total. The Morgan fingerprint density at radius 1 is 0.935 bits per heavy atom. The van der Waals surface area contributed by atoms with E-state index in [1.165, 1.54) is 12.1 Å². The number of nitro groups is 1. The standard InChI is InChI=1S/C21H24N2O8/c1-4-28-15-8-10-18(29-5-2)16(12-15)22-20(24)13-31-21(25)14-7-9-19(30-6-3)17(11-14)23(26)27/h7-12H,4-6,13H2,1-3H3,(H,22,24). The molecule has 166 valence electrons. The van der Waals surface area contributed by atoms with E-state index in [2.05, 4.69) is 5.32 Å². The van der Waals surface area contributed by atoms with Crippen LogP contribution in [0.3, 0.4) is 0 Å². The molecule has 0 unspecified atom stereocenters. The van der Waals surface area contributed by atoms with Gasteiger partial charge in [-0.2, -0.15) is 0 Å². The van der Waals surface area contributed by atoms with Crippen LogP contribution in [0.2, 0.25) is 0 Å². The molecule has 0 heterocycles. The van der Waals surface area contributed by atoms with Gasteiger partial charge >= 0.3 is 11.7 Å². The molecule has 0 aromatic heterocycles. The molecule has 0 saturated carbocycles. The number of esters is 1. The summed E-state index contributed by atoms with van der Waals surface area (Å²) in [6.45, 7) is 5.81. The molecule has 1 amide bonds. The molecule has 0 saturated heterocycles. The van der Waals surface area contributed by atoms with Crippen molar-refractivity contribution in [3.63, 3.8) is 0 Å². The molecular weight excluding hydrogens is 408 g/mol. The number of ether oxygens (including phenoxy) is 4. The molecule has 0 aliphatic heterocycles. The van der Waals surface area contributed by atoms with Crippen LogP contribution in [-0.2, 0) is 9.53 Å². The molecule has 2 aromatic carbocycles. The fraction of sp³-hybridized carbons (Fsp3) is 0.333. The van der Waals surface area contributed by atoms with E-state index in [0.29, 0.717) is 30.4 Å². The zero-order chi connectivity index (χ0) is 22.8. The van der Waals surface area contributed by atoms with Gasteiger partial charge in [-0.15, -0.1) is 0 Å². The van der Waals surface area contributed by atoms with Crippen LogP contribution in [0, 0.1) is 10.1 Å². The predicted molar refractivity (Wildman–Crippen MR) is 112 cm³/mol. The van der Waals surface area contributed by atoms with Gasteiger partial charge in [-0.05, 0) is 45.0 Å². The fourth-order valence-corrected chi connectivity index (χ4v) is 2.61. The van der Waals surface area contributed by atoms with Crippen molar-refractivity contribution in [2.75, 3.05) is 31.7 Å². The number of amides is 1. The van der Waals surface area contributed by atoms with Crippen molar-refractivity contribution in [2.45, 2.75) is 20.8 Å². The van der Waals surface area contributed by atoms with Crippen molar-refractivity contribution in [1.29, 1.82) is 0 Å². The number of nitrogens with one attached hydrogen (secondary N) is 1. The SMILES string of the molecule is CCOc1ccc(OCC)c(NC(=O)COC(=O)c2ccc(OCC)c([N+](=O)[O-])c2)c1. The van der Waals surface area contributed by atoms with Crippen LogP contribution in [0.25, 0.3) is 0 Å². The number of anilines is 1. The summed E-state index contributed by atoms with van der Waals surface area (Å²) in [6, 6.07) is 8.66. The van der Waals surface area contributed by atoms with Gasteiger partial charge in [0.15, 0.2) is 12.4 Å². The van der Waals surface area contributed by atoms with E-state index < -0.39 is 23.4 Å². The van der Waals surface area contributed by atoms with Gasteiger partial charge in [0.1, 0.15) is 11.5 Å². The summed E-state index contributed by atoms with van der Waals surface area (Å²) in [5.41, 5.74) is -0.0725. The second-order valence-electron chi connectivity index (χ2n) is 6.02. The summed E-state index contributed by atoms with van der Waals surface area (Å²) >= 11 is 0. The molecule has 0 atom stereocenters. The van der Waals surface area contributed by atoms with Gasteiger partial charge in [0.25, 0.3) is 5.91 Å². The minimum Gasteiger partial charge on any atom is -0.494 e. The largest absolute Gasteiger partial charge is 0.494 e. The average Bonchev–Trinajstić information content (AvgIpc) is 2.74. The van der Waals surface area contributed by atoms with E-state index in [0.717, 1.165) is 6.07 Å². The van der Waals surface area contributed by atoms with Crippen molar-refractivity contribution in [3.8, 4) is 17.2 Å². The highest BCUT2D eigenvalue weighted by atomic mass is 16.6. The van der Waals surface area contributed by atoms with Crippen LogP contribution in [0.5, 0.6) is 17.2 Å². The highest BCUT2D eigenvalue weighted by Crippen LogP contribution is 2.30. The van der Waals surface area contributed by atoms with E-state index in [4.69, 9.17) is 18.9 Å². The van der Waals surface area contributed by atoms with Crippen LogP contribution < -0.4 is 19.5 Å². The third kappa shape index (κ3) is 6.59. The smallest absolute Gasteiger partial charge is 0.338 e. The van der Waals surface area contributed by atoms with E-state index in [1.54, 1.807) is 32.0 Å². The highest BCUT2D eigenvalue weighted by Gasteiger charge is 2.20. The van der Waals surface area contributed by atoms with Gasteiger partial charge in [-0.3, -0.25) is 14.9 Å². The molecule has 0 aliphatic rings. The van der Waals surface area contributed by atoms with E-state index in [-0.39, 0.29) is 23.6 Å². The number of nitro benzene ring substituents is 1. The molecule has 2 rings (SSSR count). The maximum absolute atomic E-state index is 12.3. The lowest BCUT2D eigenvalue weighted by Crippen LogP contribution is -2.21. The van der Waals surface area contributed by atoms with Crippen LogP contribution in [0.4, 0.5) is 11.4 Å². The summed E-state index contributed by atoms with van der Waals surface area (Å²) in [7, 11) is 0. The molecule has 0 aliphatic carbocycles. The Hall–Kier alpha value is -3.82. The first-order chi connectivity index (χ1) is 14.9. The Morgan fingerprint density at radius 2 is 1.58 bits per heavy atom. The zero-order valence-electron chi connectivity index (χ0n) is 17.5. The highest BCUT2D eigenvalue weighted by molar-refractivity contribution is 5.96. The monoisotopic (exact) mass is 432 g/mol.